The molecule has 1 atom stereocenters. The van der Waals surface area contributed by atoms with Gasteiger partial charge in [-0.25, -0.2) is 9.78 Å². The number of anilines is 1. The van der Waals surface area contributed by atoms with Crippen LogP contribution in [0.1, 0.15) is 13.8 Å². The highest BCUT2D eigenvalue weighted by molar-refractivity contribution is 7.13. The van der Waals surface area contributed by atoms with Gasteiger partial charge in [0.15, 0.2) is 0 Å². The van der Waals surface area contributed by atoms with Crippen molar-refractivity contribution < 1.29 is 9.90 Å². The minimum atomic E-state index is -0.890. The van der Waals surface area contributed by atoms with Gasteiger partial charge in [0, 0.05) is 0 Å². The van der Waals surface area contributed by atoms with Crippen LogP contribution in [0.15, 0.2) is 29.9 Å². The molecule has 0 fully saturated rings. The molecule has 5 nitrogen and oxygen atoms in total. The lowest BCUT2D eigenvalue weighted by Gasteiger charge is -2.18. The van der Waals surface area contributed by atoms with Crippen molar-refractivity contribution in [3.63, 3.8) is 0 Å². The molecule has 0 saturated carbocycles. The Bertz CT molecular complexity index is 555. The van der Waals surface area contributed by atoms with Gasteiger partial charge in [-0.1, -0.05) is 19.9 Å². The predicted octanol–water partition coefficient (Wildman–Crippen LogP) is 2.73. The summed E-state index contributed by atoms with van der Waals surface area (Å²) in [6, 6.07) is 3.22. The van der Waals surface area contributed by atoms with Crippen LogP contribution in [0.3, 0.4) is 0 Å². The summed E-state index contributed by atoms with van der Waals surface area (Å²) in [6.45, 7) is 3.70. The van der Waals surface area contributed by atoms with Gasteiger partial charge >= 0.3 is 5.97 Å². The molecule has 0 aliphatic carbocycles. The topological polar surface area (TPSA) is 75.1 Å². The molecule has 0 radical (unpaired) electrons. The fourth-order valence-electron chi connectivity index (χ4n) is 1.65. The van der Waals surface area contributed by atoms with E-state index in [0.717, 1.165) is 10.6 Å². The van der Waals surface area contributed by atoms with Gasteiger partial charge in [-0.05, 0) is 17.4 Å². The van der Waals surface area contributed by atoms with E-state index < -0.39 is 12.0 Å². The highest BCUT2D eigenvalue weighted by atomic mass is 32.1. The van der Waals surface area contributed by atoms with Crippen molar-refractivity contribution in [2.75, 3.05) is 5.32 Å². The number of carboxylic acids is 1. The molecule has 0 bridgehead atoms. The molecule has 2 rings (SSSR count). The number of rotatable bonds is 5. The Hall–Kier alpha value is -1.95. The Morgan fingerprint density at radius 2 is 2.21 bits per heavy atom. The molecule has 0 spiro atoms. The van der Waals surface area contributed by atoms with Crippen LogP contribution >= 0.6 is 11.3 Å². The average molecular weight is 277 g/mol. The molecule has 2 N–H and O–H groups in total. The van der Waals surface area contributed by atoms with E-state index in [2.05, 4.69) is 15.3 Å². The van der Waals surface area contributed by atoms with Crippen LogP contribution in [0.2, 0.25) is 0 Å². The van der Waals surface area contributed by atoms with Crippen LogP contribution in [-0.2, 0) is 4.79 Å². The first kappa shape index (κ1) is 13.5. The molecule has 2 aromatic rings. The van der Waals surface area contributed by atoms with E-state index in [1.807, 2.05) is 31.4 Å². The van der Waals surface area contributed by atoms with E-state index in [1.54, 1.807) is 17.5 Å². The lowest BCUT2D eigenvalue weighted by molar-refractivity contribution is -0.138. The van der Waals surface area contributed by atoms with Crippen LogP contribution < -0.4 is 5.32 Å². The maximum Gasteiger partial charge on any atom is 0.326 e. The number of aliphatic carboxylic acids is 1. The molecule has 0 unspecified atom stereocenters. The van der Waals surface area contributed by atoms with Crippen molar-refractivity contribution in [3.8, 4) is 10.6 Å². The zero-order chi connectivity index (χ0) is 13.8. The van der Waals surface area contributed by atoms with E-state index >= 15 is 0 Å². The summed E-state index contributed by atoms with van der Waals surface area (Å²) in [4.78, 5) is 20.7. The number of carboxylic acid groups (broad SMARTS) is 1. The predicted molar refractivity (Wildman–Crippen MR) is 75.2 cm³/mol. The molecule has 19 heavy (non-hydrogen) atoms. The Balaban J connectivity index is 2.22. The average Bonchev–Trinajstić information content (AvgIpc) is 2.89. The van der Waals surface area contributed by atoms with Crippen molar-refractivity contribution >= 4 is 23.1 Å². The monoisotopic (exact) mass is 277 g/mol. The van der Waals surface area contributed by atoms with Gasteiger partial charge < -0.3 is 10.4 Å². The van der Waals surface area contributed by atoms with Crippen LogP contribution in [-0.4, -0.2) is 27.1 Å². The number of aromatic nitrogens is 2. The largest absolute Gasteiger partial charge is 0.480 e. The fourth-order valence-corrected chi connectivity index (χ4v) is 2.33. The molecule has 2 heterocycles. The minimum absolute atomic E-state index is 0.0373. The van der Waals surface area contributed by atoms with Crippen LogP contribution in [0, 0.1) is 5.92 Å². The van der Waals surface area contributed by atoms with Crippen molar-refractivity contribution in [2.24, 2.45) is 5.92 Å². The first-order chi connectivity index (χ1) is 9.08. The van der Waals surface area contributed by atoms with Crippen LogP contribution in [0.25, 0.3) is 10.6 Å². The fraction of sp³-hybridized carbons (Fsp3) is 0.308. The third kappa shape index (κ3) is 3.29. The molecule has 0 aromatic carbocycles. The van der Waals surface area contributed by atoms with E-state index in [1.165, 1.54) is 6.20 Å². The van der Waals surface area contributed by atoms with Crippen LogP contribution in [0.4, 0.5) is 5.82 Å². The van der Waals surface area contributed by atoms with Gasteiger partial charge in [-0.2, -0.15) is 0 Å². The maximum absolute atomic E-state index is 11.2. The summed E-state index contributed by atoms with van der Waals surface area (Å²) in [6.07, 6.45) is 3.21. The van der Waals surface area contributed by atoms with E-state index in [4.69, 9.17) is 5.11 Å². The van der Waals surface area contributed by atoms with Crippen molar-refractivity contribution in [3.05, 3.63) is 29.9 Å². The Labute approximate surface area is 115 Å². The van der Waals surface area contributed by atoms with Gasteiger partial charge in [0.1, 0.15) is 17.6 Å². The second-order valence-corrected chi connectivity index (χ2v) is 5.42. The van der Waals surface area contributed by atoms with E-state index in [9.17, 15) is 4.79 Å². The standard InChI is InChI=1S/C13H15N3O2S/c1-8(2)12(13(17)18)16-11-7-14-6-9(15-11)10-4-3-5-19-10/h3-8,12H,1-2H3,(H,15,16)(H,17,18)/t12-/m1/s1. The summed E-state index contributed by atoms with van der Waals surface area (Å²) in [7, 11) is 0. The second-order valence-electron chi connectivity index (χ2n) is 4.47. The molecule has 0 aliphatic rings. The SMILES string of the molecule is CC(C)[C@@H](Nc1cncc(-c2cccs2)n1)C(=O)O. The van der Waals surface area contributed by atoms with Crippen LogP contribution in [0.5, 0.6) is 0 Å². The number of carbonyl (C=O) groups is 1. The molecule has 2 aromatic heterocycles. The first-order valence-corrected chi connectivity index (χ1v) is 6.81. The third-order valence-corrected chi connectivity index (χ3v) is 3.54. The lowest BCUT2D eigenvalue weighted by Crippen LogP contribution is -2.34. The van der Waals surface area contributed by atoms with Crippen molar-refractivity contribution in [1.29, 1.82) is 0 Å². The van der Waals surface area contributed by atoms with Gasteiger partial charge in [-0.3, -0.25) is 4.98 Å². The molecular formula is C13H15N3O2S. The van der Waals surface area contributed by atoms with E-state index in [-0.39, 0.29) is 5.92 Å². The van der Waals surface area contributed by atoms with Crippen molar-refractivity contribution in [2.45, 2.75) is 19.9 Å². The zero-order valence-electron chi connectivity index (χ0n) is 10.7. The molecular weight excluding hydrogens is 262 g/mol. The highest BCUT2D eigenvalue weighted by Crippen LogP contribution is 2.23. The molecule has 0 aliphatic heterocycles. The number of nitrogens with zero attached hydrogens (tertiary/aromatic N) is 2. The summed E-state index contributed by atoms with van der Waals surface area (Å²) in [5.41, 5.74) is 0.743. The molecule has 6 heteroatoms. The van der Waals surface area contributed by atoms with Gasteiger partial charge in [0.25, 0.3) is 0 Å². The van der Waals surface area contributed by atoms with Crippen molar-refractivity contribution in [1.82, 2.24) is 9.97 Å². The minimum Gasteiger partial charge on any atom is -0.480 e. The second kappa shape index (κ2) is 5.79. The van der Waals surface area contributed by atoms with Gasteiger partial charge in [0.05, 0.1) is 17.3 Å². The van der Waals surface area contributed by atoms with Gasteiger partial charge in [0.2, 0.25) is 0 Å². The third-order valence-electron chi connectivity index (χ3n) is 2.64. The summed E-state index contributed by atoms with van der Waals surface area (Å²) in [5, 5.41) is 14.0. The number of hydrogen-bond donors (Lipinski definition) is 2. The highest BCUT2D eigenvalue weighted by Gasteiger charge is 2.21. The number of thiophene rings is 1. The quantitative estimate of drug-likeness (QED) is 0.879. The Kier molecular flexibility index (Phi) is 4.11. The summed E-state index contributed by atoms with van der Waals surface area (Å²) >= 11 is 1.57. The number of hydrogen-bond acceptors (Lipinski definition) is 5. The van der Waals surface area contributed by atoms with Gasteiger partial charge in [-0.15, -0.1) is 11.3 Å². The molecule has 100 valence electrons. The summed E-state index contributed by atoms with van der Waals surface area (Å²) < 4.78 is 0. The number of nitrogens with one attached hydrogen (secondary N) is 1. The smallest absolute Gasteiger partial charge is 0.326 e. The lowest BCUT2D eigenvalue weighted by atomic mass is 10.1. The Morgan fingerprint density at radius 1 is 1.42 bits per heavy atom. The van der Waals surface area contributed by atoms with E-state index in [0.29, 0.717) is 5.82 Å². The zero-order valence-corrected chi connectivity index (χ0v) is 11.5. The first-order valence-electron chi connectivity index (χ1n) is 5.93. The molecule has 0 amide bonds. The Morgan fingerprint density at radius 3 is 2.79 bits per heavy atom. The normalized spacial score (nSPS) is 12.4. The summed E-state index contributed by atoms with van der Waals surface area (Å²) in [5.74, 6) is -0.449. The molecule has 0 saturated heterocycles. The maximum atomic E-state index is 11.2.